The van der Waals surface area contributed by atoms with Crippen LogP contribution in [-0.4, -0.2) is 24.5 Å². The van der Waals surface area contributed by atoms with Gasteiger partial charge < -0.3 is 5.73 Å². The van der Waals surface area contributed by atoms with E-state index in [2.05, 4.69) is 83.0 Å². The molecule has 0 radical (unpaired) electrons. The number of nitrogens with one attached hydrogen (secondary N) is 1. The first-order valence-corrected chi connectivity index (χ1v) is 9.58. The molecule has 2 unspecified atom stereocenters. The zero-order chi connectivity index (χ0) is 17.8. The molecule has 4 rings (SSSR count). The summed E-state index contributed by atoms with van der Waals surface area (Å²) in [6.07, 6.45) is 2.41. The van der Waals surface area contributed by atoms with Gasteiger partial charge in [0.15, 0.2) is 0 Å². The summed E-state index contributed by atoms with van der Waals surface area (Å²) < 4.78 is 0. The molecule has 1 aliphatic rings. The van der Waals surface area contributed by atoms with Crippen molar-refractivity contribution >= 4 is 10.8 Å². The van der Waals surface area contributed by atoms with Crippen molar-refractivity contribution in [3.05, 3.63) is 83.9 Å². The molecule has 3 heteroatoms. The average Bonchev–Trinajstić information content (AvgIpc) is 3.23. The molecular weight excluding hydrogens is 318 g/mol. The predicted molar refractivity (Wildman–Crippen MR) is 109 cm³/mol. The molecule has 3 nitrogen and oxygen atoms in total. The SMILES string of the molecule is NC(NCC(c1ccccc1)N1CCCC1)c1cccc2ccccc12. The van der Waals surface area contributed by atoms with E-state index in [4.69, 9.17) is 5.73 Å². The highest BCUT2D eigenvalue weighted by Gasteiger charge is 2.24. The number of fused-ring (bicyclic) bond motifs is 1. The molecule has 0 amide bonds. The summed E-state index contributed by atoms with van der Waals surface area (Å²) >= 11 is 0. The third-order valence-electron chi connectivity index (χ3n) is 5.46. The van der Waals surface area contributed by atoms with Gasteiger partial charge in [0.05, 0.1) is 6.17 Å². The molecule has 3 aromatic carbocycles. The molecule has 3 N–H and O–H groups in total. The summed E-state index contributed by atoms with van der Waals surface area (Å²) in [6, 6.07) is 26.0. The molecule has 3 aromatic rings. The second kappa shape index (κ2) is 8.00. The smallest absolute Gasteiger partial charge is 0.0816 e. The summed E-state index contributed by atoms with van der Waals surface area (Å²) in [6.45, 7) is 3.20. The molecule has 134 valence electrons. The van der Waals surface area contributed by atoms with Crippen LogP contribution in [0.5, 0.6) is 0 Å². The number of rotatable bonds is 6. The Hall–Kier alpha value is -2.20. The van der Waals surface area contributed by atoms with Crippen LogP contribution < -0.4 is 11.1 Å². The Balaban J connectivity index is 1.53. The van der Waals surface area contributed by atoms with E-state index in [1.54, 1.807) is 0 Å². The number of likely N-dealkylation sites (tertiary alicyclic amines) is 1. The van der Waals surface area contributed by atoms with Crippen LogP contribution in [0.1, 0.15) is 36.2 Å². The predicted octanol–water partition coefficient (Wildman–Crippen LogP) is 4.22. The van der Waals surface area contributed by atoms with Crippen molar-refractivity contribution in [1.29, 1.82) is 0 Å². The summed E-state index contributed by atoms with van der Waals surface area (Å²) in [5.41, 5.74) is 9.09. The highest BCUT2D eigenvalue weighted by Crippen LogP contribution is 2.26. The first-order chi connectivity index (χ1) is 12.8. The standard InChI is InChI=1S/C23H27N3/c24-23(21-14-8-12-18-9-4-5-13-20(18)21)25-17-22(26-15-6-7-16-26)19-10-2-1-3-11-19/h1-5,8-14,22-23,25H,6-7,15-17,24H2. The van der Waals surface area contributed by atoms with Crippen LogP contribution in [0.3, 0.4) is 0 Å². The van der Waals surface area contributed by atoms with Gasteiger partial charge in [-0.3, -0.25) is 10.2 Å². The topological polar surface area (TPSA) is 41.3 Å². The lowest BCUT2D eigenvalue weighted by atomic mass is 10.0. The van der Waals surface area contributed by atoms with E-state index < -0.39 is 0 Å². The summed E-state index contributed by atoms with van der Waals surface area (Å²) in [5.74, 6) is 0. The maximum atomic E-state index is 6.56. The average molecular weight is 345 g/mol. The normalized spacial score (nSPS) is 17.4. The number of benzene rings is 3. The molecule has 2 atom stereocenters. The molecule has 1 saturated heterocycles. The lowest BCUT2D eigenvalue weighted by Crippen LogP contribution is -2.38. The fraction of sp³-hybridized carbons (Fsp3) is 0.304. The number of nitrogens with two attached hydrogens (primary N) is 1. The Morgan fingerprint density at radius 1 is 0.846 bits per heavy atom. The van der Waals surface area contributed by atoms with Gasteiger partial charge in [0.2, 0.25) is 0 Å². The van der Waals surface area contributed by atoms with Crippen molar-refractivity contribution in [1.82, 2.24) is 10.2 Å². The molecule has 0 spiro atoms. The maximum absolute atomic E-state index is 6.56. The monoisotopic (exact) mass is 345 g/mol. The number of hydrogen-bond donors (Lipinski definition) is 2. The molecule has 0 saturated carbocycles. The molecular formula is C23H27N3. The van der Waals surface area contributed by atoms with Crippen LogP contribution in [0, 0.1) is 0 Å². The maximum Gasteiger partial charge on any atom is 0.0816 e. The van der Waals surface area contributed by atoms with Crippen LogP contribution in [0.4, 0.5) is 0 Å². The van der Waals surface area contributed by atoms with E-state index in [1.807, 2.05) is 0 Å². The van der Waals surface area contributed by atoms with Crippen LogP contribution >= 0.6 is 0 Å². The van der Waals surface area contributed by atoms with Crippen LogP contribution in [0.25, 0.3) is 10.8 Å². The van der Waals surface area contributed by atoms with Gasteiger partial charge in [0.25, 0.3) is 0 Å². The van der Waals surface area contributed by atoms with E-state index >= 15 is 0 Å². The van der Waals surface area contributed by atoms with Crippen molar-refractivity contribution in [3.8, 4) is 0 Å². The lowest BCUT2D eigenvalue weighted by Gasteiger charge is -2.30. The van der Waals surface area contributed by atoms with Gasteiger partial charge in [-0.25, -0.2) is 0 Å². The minimum atomic E-state index is -0.171. The van der Waals surface area contributed by atoms with Gasteiger partial charge in [0, 0.05) is 12.6 Å². The molecule has 1 aliphatic heterocycles. The summed E-state index contributed by atoms with van der Waals surface area (Å²) in [5, 5.41) is 6.07. The Morgan fingerprint density at radius 3 is 2.35 bits per heavy atom. The van der Waals surface area contributed by atoms with E-state index in [0.717, 1.165) is 12.1 Å². The Bertz CT molecular complexity index is 835. The first kappa shape index (κ1) is 17.2. The Kier molecular flexibility index (Phi) is 5.30. The van der Waals surface area contributed by atoms with Crippen molar-refractivity contribution in [2.75, 3.05) is 19.6 Å². The fourth-order valence-electron chi connectivity index (χ4n) is 4.06. The minimum Gasteiger partial charge on any atom is -0.312 e. The van der Waals surface area contributed by atoms with Crippen LogP contribution in [-0.2, 0) is 0 Å². The number of hydrogen-bond acceptors (Lipinski definition) is 3. The fourth-order valence-corrected chi connectivity index (χ4v) is 4.06. The Labute approximate surface area is 155 Å². The van der Waals surface area contributed by atoms with Crippen molar-refractivity contribution in [2.45, 2.75) is 25.0 Å². The van der Waals surface area contributed by atoms with E-state index in [0.29, 0.717) is 6.04 Å². The first-order valence-electron chi connectivity index (χ1n) is 9.58. The number of nitrogens with zero attached hydrogens (tertiary/aromatic N) is 1. The third kappa shape index (κ3) is 3.65. The largest absolute Gasteiger partial charge is 0.312 e. The van der Waals surface area contributed by atoms with Crippen molar-refractivity contribution in [2.24, 2.45) is 5.73 Å². The van der Waals surface area contributed by atoms with Gasteiger partial charge in [-0.05, 0) is 47.8 Å². The lowest BCUT2D eigenvalue weighted by molar-refractivity contribution is 0.233. The summed E-state index contributed by atoms with van der Waals surface area (Å²) in [4.78, 5) is 2.58. The molecule has 0 bridgehead atoms. The van der Waals surface area contributed by atoms with Gasteiger partial charge in [0.1, 0.15) is 0 Å². The zero-order valence-corrected chi connectivity index (χ0v) is 15.1. The van der Waals surface area contributed by atoms with Gasteiger partial charge in [-0.1, -0.05) is 72.8 Å². The molecule has 26 heavy (non-hydrogen) atoms. The van der Waals surface area contributed by atoms with Gasteiger partial charge in [-0.2, -0.15) is 0 Å². The highest BCUT2D eigenvalue weighted by atomic mass is 15.2. The second-order valence-corrected chi connectivity index (χ2v) is 7.12. The van der Waals surface area contributed by atoms with Gasteiger partial charge >= 0.3 is 0 Å². The van der Waals surface area contributed by atoms with Crippen molar-refractivity contribution < 1.29 is 0 Å². The second-order valence-electron chi connectivity index (χ2n) is 7.12. The van der Waals surface area contributed by atoms with Crippen LogP contribution in [0.2, 0.25) is 0 Å². The highest BCUT2D eigenvalue weighted by molar-refractivity contribution is 5.86. The molecule has 0 aromatic heterocycles. The zero-order valence-electron chi connectivity index (χ0n) is 15.1. The van der Waals surface area contributed by atoms with Crippen LogP contribution in [0.15, 0.2) is 72.8 Å². The van der Waals surface area contributed by atoms with E-state index in [9.17, 15) is 0 Å². The minimum absolute atomic E-state index is 0.171. The molecule has 1 fully saturated rings. The van der Waals surface area contributed by atoms with Gasteiger partial charge in [-0.15, -0.1) is 0 Å². The quantitative estimate of drug-likeness (QED) is 0.657. The molecule has 1 heterocycles. The van der Waals surface area contributed by atoms with Crippen molar-refractivity contribution in [3.63, 3.8) is 0 Å². The van der Waals surface area contributed by atoms with E-state index in [-0.39, 0.29) is 6.17 Å². The Morgan fingerprint density at radius 2 is 1.54 bits per heavy atom. The summed E-state index contributed by atoms with van der Waals surface area (Å²) in [7, 11) is 0. The third-order valence-corrected chi connectivity index (χ3v) is 5.46. The van der Waals surface area contributed by atoms with E-state index in [1.165, 1.54) is 42.3 Å². The molecule has 0 aliphatic carbocycles.